The number of nitrogens with one attached hydrogen (secondary N) is 1. The van der Waals surface area contributed by atoms with Gasteiger partial charge in [-0.05, 0) is 13.0 Å². The van der Waals surface area contributed by atoms with E-state index in [0.29, 0.717) is 23.6 Å². The van der Waals surface area contributed by atoms with Crippen molar-refractivity contribution in [1.29, 1.82) is 0 Å². The Labute approximate surface area is 164 Å². The van der Waals surface area contributed by atoms with Gasteiger partial charge in [-0.15, -0.1) is 11.3 Å². The van der Waals surface area contributed by atoms with Gasteiger partial charge in [0.25, 0.3) is 5.91 Å². The number of hydrogen-bond donors (Lipinski definition) is 1. The van der Waals surface area contributed by atoms with E-state index in [-0.39, 0.29) is 17.4 Å². The summed E-state index contributed by atoms with van der Waals surface area (Å²) in [5.41, 5.74) is 2.23. The van der Waals surface area contributed by atoms with Crippen molar-refractivity contribution in [2.24, 2.45) is 0 Å². The van der Waals surface area contributed by atoms with Crippen LogP contribution in [0.4, 0.5) is 5.69 Å². The molecule has 0 unspecified atom stereocenters. The van der Waals surface area contributed by atoms with Gasteiger partial charge in [-0.3, -0.25) is 14.3 Å². The number of Topliss-reactive ketones (excluding diaryl/α,β-unsaturated/α-hetero) is 1. The molecule has 1 N–H and O–H groups in total. The highest BCUT2D eigenvalue weighted by atomic mass is 32.1. The molecular weight excluding hydrogens is 376 g/mol. The van der Waals surface area contributed by atoms with Crippen LogP contribution in [0, 0.1) is 0 Å². The van der Waals surface area contributed by atoms with E-state index >= 15 is 0 Å². The fourth-order valence-corrected chi connectivity index (χ4v) is 3.63. The minimum Gasteiger partial charge on any atom is -0.443 e. The number of aromatic nitrogens is 3. The molecule has 4 rings (SSSR count). The summed E-state index contributed by atoms with van der Waals surface area (Å²) in [5.74, 6) is 0.0840. The van der Waals surface area contributed by atoms with Crippen molar-refractivity contribution < 1.29 is 14.0 Å². The van der Waals surface area contributed by atoms with Crippen LogP contribution >= 0.6 is 11.3 Å². The van der Waals surface area contributed by atoms with Gasteiger partial charge in [0.05, 0.1) is 18.4 Å². The average Bonchev–Trinajstić information content (AvgIpc) is 3.43. The summed E-state index contributed by atoms with van der Waals surface area (Å²) >= 11 is 1.50. The van der Waals surface area contributed by atoms with Crippen molar-refractivity contribution in [2.75, 3.05) is 5.32 Å². The second-order valence-electron chi connectivity index (χ2n) is 6.13. The third-order valence-electron chi connectivity index (χ3n) is 4.09. The van der Waals surface area contributed by atoms with Crippen molar-refractivity contribution in [1.82, 2.24) is 14.8 Å². The van der Waals surface area contributed by atoms with Crippen LogP contribution < -0.4 is 5.32 Å². The molecule has 8 heteroatoms. The Bertz CT molecular complexity index is 1130. The van der Waals surface area contributed by atoms with E-state index in [9.17, 15) is 9.59 Å². The number of hydrogen-bond acceptors (Lipinski definition) is 6. The van der Waals surface area contributed by atoms with Gasteiger partial charge in [0.1, 0.15) is 0 Å². The second-order valence-corrected chi connectivity index (χ2v) is 7.13. The fourth-order valence-electron chi connectivity index (χ4n) is 2.71. The third kappa shape index (κ3) is 3.77. The zero-order valence-corrected chi connectivity index (χ0v) is 15.8. The summed E-state index contributed by atoms with van der Waals surface area (Å²) in [6, 6.07) is 11.2. The van der Waals surface area contributed by atoms with Gasteiger partial charge in [0, 0.05) is 27.6 Å². The lowest BCUT2D eigenvalue weighted by atomic mass is 10.1. The average molecular weight is 392 g/mol. The number of anilines is 1. The lowest BCUT2D eigenvalue weighted by Crippen LogP contribution is -2.13. The first-order chi connectivity index (χ1) is 13.6. The Hall–Kier alpha value is -3.52. The van der Waals surface area contributed by atoms with Gasteiger partial charge in [-0.1, -0.05) is 30.3 Å². The maximum atomic E-state index is 12.6. The molecule has 0 aliphatic heterocycles. The number of oxazole rings is 1. The van der Waals surface area contributed by atoms with Gasteiger partial charge in [-0.2, -0.15) is 5.10 Å². The maximum absolute atomic E-state index is 12.6. The highest BCUT2D eigenvalue weighted by molar-refractivity contribution is 7.10. The number of ketones is 1. The van der Waals surface area contributed by atoms with Crippen LogP contribution in [-0.4, -0.2) is 26.5 Å². The number of benzene rings is 1. The molecule has 3 aromatic heterocycles. The van der Waals surface area contributed by atoms with E-state index in [1.54, 1.807) is 24.0 Å². The number of carbonyl (C=O) groups is 2. The Balaban J connectivity index is 1.46. The van der Waals surface area contributed by atoms with E-state index in [1.807, 2.05) is 41.8 Å². The zero-order chi connectivity index (χ0) is 19.5. The summed E-state index contributed by atoms with van der Waals surface area (Å²) in [6.07, 6.45) is 4.55. The molecule has 0 saturated heterocycles. The predicted molar refractivity (Wildman–Crippen MR) is 106 cm³/mol. The first-order valence-corrected chi connectivity index (χ1v) is 9.39. The molecule has 1 amide bonds. The largest absolute Gasteiger partial charge is 0.443 e. The van der Waals surface area contributed by atoms with Crippen LogP contribution in [0.3, 0.4) is 0 Å². The number of thiophene rings is 1. The van der Waals surface area contributed by atoms with Crippen LogP contribution in [0.2, 0.25) is 0 Å². The predicted octanol–water partition coefficient (Wildman–Crippen LogP) is 4.10. The molecule has 0 radical (unpaired) electrons. The first kappa shape index (κ1) is 17.9. The first-order valence-electron chi connectivity index (χ1n) is 8.51. The molecule has 140 valence electrons. The summed E-state index contributed by atoms with van der Waals surface area (Å²) in [4.78, 5) is 29.1. The van der Waals surface area contributed by atoms with E-state index in [2.05, 4.69) is 15.4 Å². The molecule has 0 fully saturated rings. The summed E-state index contributed by atoms with van der Waals surface area (Å²) in [7, 11) is 0. The number of amides is 1. The summed E-state index contributed by atoms with van der Waals surface area (Å²) in [5, 5.41) is 8.88. The maximum Gasteiger partial charge on any atom is 0.278 e. The Morgan fingerprint density at radius 2 is 2.07 bits per heavy atom. The van der Waals surface area contributed by atoms with E-state index in [4.69, 9.17) is 4.42 Å². The third-order valence-corrected chi connectivity index (χ3v) is 5.01. The van der Waals surface area contributed by atoms with Crippen LogP contribution in [0.1, 0.15) is 32.6 Å². The van der Waals surface area contributed by atoms with Crippen molar-refractivity contribution in [3.05, 3.63) is 76.7 Å². The molecule has 28 heavy (non-hydrogen) atoms. The molecule has 0 aliphatic carbocycles. The molecule has 7 nitrogen and oxygen atoms in total. The van der Waals surface area contributed by atoms with Gasteiger partial charge in [-0.25, -0.2) is 4.98 Å². The van der Waals surface area contributed by atoms with Gasteiger partial charge < -0.3 is 9.73 Å². The Morgan fingerprint density at radius 1 is 1.25 bits per heavy atom. The van der Waals surface area contributed by atoms with Gasteiger partial charge >= 0.3 is 0 Å². The van der Waals surface area contributed by atoms with Gasteiger partial charge in [0.15, 0.2) is 23.6 Å². The number of rotatable bonds is 6. The molecule has 0 aliphatic rings. The fraction of sp³-hybridized carbons (Fsp3) is 0.100. The van der Waals surface area contributed by atoms with E-state index < -0.39 is 0 Å². The Morgan fingerprint density at radius 3 is 2.82 bits per heavy atom. The number of nitrogens with zero attached hydrogens (tertiary/aromatic N) is 3. The monoisotopic (exact) mass is 392 g/mol. The minimum absolute atomic E-state index is 0.0396. The van der Waals surface area contributed by atoms with Crippen LogP contribution in [0.5, 0.6) is 0 Å². The van der Waals surface area contributed by atoms with Crippen LogP contribution in [0.15, 0.2) is 65.0 Å². The topological polar surface area (TPSA) is 90.0 Å². The van der Waals surface area contributed by atoms with Crippen LogP contribution in [-0.2, 0) is 6.54 Å². The quantitative estimate of drug-likeness (QED) is 0.499. The van der Waals surface area contributed by atoms with E-state index in [1.165, 1.54) is 17.7 Å². The number of carbonyl (C=O) groups excluding carboxylic acids is 2. The highest BCUT2D eigenvalue weighted by Crippen LogP contribution is 2.23. The lowest BCUT2D eigenvalue weighted by molar-refractivity contribution is 0.101. The SMILES string of the molecule is CC(=O)c1csc(Cn2cc(NC(=O)c3ncoc3-c3ccccc3)cn2)c1. The highest BCUT2D eigenvalue weighted by Gasteiger charge is 2.18. The molecular formula is C20H16N4O3S. The summed E-state index contributed by atoms with van der Waals surface area (Å²) in [6.45, 7) is 2.06. The standard InChI is InChI=1S/C20H16N4O3S/c1-13(25)15-7-17(28-11-15)10-24-9-16(8-22-24)23-20(26)18-19(27-12-21-18)14-5-3-2-4-6-14/h2-9,11-12H,10H2,1H3,(H,23,26). The van der Waals surface area contributed by atoms with Crippen LogP contribution in [0.25, 0.3) is 11.3 Å². The smallest absolute Gasteiger partial charge is 0.278 e. The van der Waals surface area contributed by atoms with Crippen molar-refractivity contribution >= 4 is 28.7 Å². The molecule has 0 spiro atoms. The van der Waals surface area contributed by atoms with Gasteiger partial charge in [0.2, 0.25) is 0 Å². The second kappa shape index (κ2) is 7.61. The molecule has 3 heterocycles. The zero-order valence-electron chi connectivity index (χ0n) is 15.0. The normalized spacial score (nSPS) is 10.8. The Kier molecular flexibility index (Phi) is 4.86. The lowest BCUT2D eigenvalue weighted by Gasteiger charge is -2.02. The molecule has 4 aromatic rings. The molecule has 0 saturated carbocycles. The summed E-state index contributed by atoms with van der Waals surface area (Å²) < 4.78 is 7.10. The van der Waals surface area contributed by atoms with Crippen molar-refractivity contribution in [3.8, 4) is 11.3 Å². The van der Waals surface area contributed by atoms with Crippen molar-refractivity contribution in [2.45, 2.75) is 13.5 Å². The molecule has 0 bridgehead atoms. The van der Waals surface area contributed by atoms with Crippen molar-refractivity contribution in [3.63, 3.8) is 0 Å². The molecule has 1 aromatic carbocycles. The molecule has 0 atom stereocenters. The van der Waals surface area contributed by atoms with E-state index in [0.717, 1.165) is 10.4 Å². The minimum atomic E-state index is -0.373.